The van der Waals surface area contributed by atoms with Gasteiger partial charge in [0.15, 0.2) is 0 Å². The number of fused-ring (bicyclic) bond motifs is 1. The molecule has 4 aromatic rings. The van der Waals surface area contributed by atoms with Gasteiger partial charge in [-0.1, -0.05) is 70.0 Å². The summed E-state index contributed by atoms with van der Waals surface area (Å²) in [6.45, 7) is 0.323. The van der Waals surface area contributed by atoms with Crippen molar-refractivity contribution in [3.05, 3.63) is 111 Å². The van der Waals surface area contributed by atoms with Crippen LogP contribution in [0, 0.1) is 11.3 Å². The number of carbonyl (C=O) groups is 1. The third-order valence-electron chi connectivity index (χ3n) is 4.99. The summed E-state index contributed by atoms with van der Waals surface area (Å²) in [7, 11) is 0. The number of nitrogens with one attached hydrogen (secondary N) is 1. The Kier molecular flexibility index (Phi) is 7.09. The molecule has 1 amide bonds. The lowest BCUT2D eigenvalue weighted by Crippen LogP contribution is -2.13. The van der Waals surface area contributed by atoms with Gasteiger partial charge in [0, 0.05) is 20.7 Å². The van der Waals surface area contributed by atoms with E-state index in [-0.39, 0.29) is 5.57 Å². The number of ether oxygens (including phenoxy) is 1. The molecule has 4 nitrogen and oxygen atoms in total. The summed E-state index contributed by atoms with van der Waals surface area (Å²) in [5, 5.41) is 15.0. The van der Waals surface area contributed by atoms with Crippen LogP contribution < -0.4 is 10.1 Å². The van der Waals surface area contributed by atoms with E-state index in [1.54, 1.807) is 18.2 Å². The molecule has 0 heterocycles. The van der Waals surface area contributed by atoms with Gasteiger partial charge in [-0.05, 0) is 64.9 Å². The standard InChI is InChI=1S/C27H18BrClN2O2/c28-21-8-12-23(13-9-21)31-27(32)20(16-30)15-25-24-4-2-1-3-19(24)7-14-26(25)33-17-18-5-10-22(29)11-6-18/h1-15H,17H2,(H,31,32)/b20-15+. The van der Waals surface area contributed by atoms with Gasteiger partial charge in [-0.2, -0.15) is 5.26 Å². The van der Waals surface area contributed by atoms with E-state index in [2.05, 4.69) is 21.2 Å². The van der Waals surface area contributed by atoms with Crippen molar-refractivity contribution >= 4 is 56.0 Å². The monoisotopic (exact) mass is 516 g/mol. The lowest BCUT2D eigenvalue weighted by atomic mass is 10.0. The van der Waals surface area contributed by atoms with Gasteiger partial charge in [0.25, 0.3) is 5.91 Å². The molecule has 1 N–H and O–H groups in total. The number of amides is 1. The molecule has 0 aliphatic carbocycles. The van der Waals surface area contributed by atoms with E-state index in [4.69, 9.17) is 16.3 Å². The number of hydrogen-bond acceptors (Lipinski definition) is 3. The molecule has 0 aliphatic rings. The van der Waals surface area contributed by atoms with Crippen LogP contribution in [0.4, 0.5) is 5.69 Å². The molecule has 33 heavy (non-hydrogen) atoms. The summed E-state index contributed by atoms with van der Waals surface area (Å²) in [6, 6.07) is 28.2. The molecule has 0 spiro atoms. The number of hydrogen-bond donors (Lipinski definition) is 1. The molecule has 0 saturated heterocycles. The molecule has 0 radical (unpaired) electrons. The predicted molar refractivity (Wildman–Crippen MR) is 136 cm³/mol. The Hall–Kier alpha value is -3.59. The van der Waals surface area contributed by atoms with Gasteiger partial charge in [-0.3, -0.25) is 4.79 Å². The largest absolute Gasteiger partial charge is 0.488 e. The fraction of sp³-hybridized carbons (Fsp3) is 0.0370. The van der Waals surface area contributed by atoms with E-state index in [0.29, 0.717) is 28.6 Å². The van der Waals surface area contributed by atoms with Crippen LogP contribution in [-0.4, -0.2) is 5.91 Å². The predicted octanol–water partition coefficient (Wildman–Crippen LogP) is 7.38. The van der Waals surface area contributed by atoms with E-state index in [1.165, 1.54) is 0 Å². The normalized spacial score (nSPS) is 11.1. The minimum atomic E-state index is -0.489. The van der Waals surface area contributed by atoms with Crippen LogP contribution in [-0.2, 0) is 11.4 Å². The van der Waals surface area contributed by atoms with E-state index in [1.807, 2.05) is 78.9 Å². The van der Waals surface area contributed by atoms with Gasteiger partial charge in [-0.15, -0.1) is 0 Å². The highest BCUT2D eigenvalue weighted by molar-refractivity contribution is 9.10. The molecule has 162 valence electrons. The summed E-state index contributed by atoms with van der Waals surface area (Å²) < 4.78 is 6.99. The first-order chi connectivity index (χ1) is 16.0. The molecule has 0 bridgehead atoms. The van der Waals surface area contributed by atoms with Crippen LogP contribution in [0.2, 0.25) is 5.02 Å². The Bertz CT molecular complexity index is 1370. The van der Waals surface area contributed by atoms with Crippen LogP contribution >= 0.6 is 27.5 Å². The molecule has 0 fully saturated rings. The lowest BCUT2D eigenvalue weighted by Gasteiger charge is -2.13. The summed E-state index contributed by atoms with van der Waals surface area (Å²) in [4.78, 5) is 12.8. The van der Waals surface area contributed by atoms with Crippen LogP contribution in [0.3, 0.4) is 0 Å². The third-order valence-corrected chi connectivity index (χ3v) is 5.77. The maximum atomic E-state index is 12.8. The summed E-state index contributed by atoms with van der Waals surface area (Å²) in [5.74, 6) is 0.0873. The van der Waals surface area contributed by atoms with Crippen molar-refractivity contribution in [2.24, 2.45) is 0 Å². The summed E-state index contributed by atoms with van der Waals surface area (Å²) in [6.07, 6.45) is 1.58. The smallest absolute Gasteiger partial charge is 0.266 e. The lowest BCUT2D eigenvalue weighted by molar-refractivity contribution is -0.112. The first-order valence-corrected chi connectivity index (χ1v) is 11.3. The quantitative estimate of drug-likeness (QED) is 0.214. The number of benzene rings is 4. The fourth-order valence-electron chi connectivity index (χ4n) is 3.32. The van der Waals surface area contributed by atoms with E-state index in [0.717, 1.165) is 20.8 Å². The second-order valence-corrected chi connectivity index (χ2v) is 8.60. The fourth-order valence-corrected chi connectivity index (χ4v) is 3.71. The Balaban J connectivity index is 1.68. The number of anilines is 1. The van der Waals surface area contributed by atoms with E-state index in [9.17, 15) is 10.1 Å². The highest BCUT2D eigenvalue weighted by Gasteiger charge is 2.14. The zero-order valence-corrected chi connectivity index (χ0v) is 19.7. The van der Waals surface area contributed by atoms with Gasteiger partial charge in [0.1, 0.15) is 24.0 Å². The van der Waals surface area contributed by atoms with Crippen molar-refractivity contribution in [2.45, 2.75) is 6.61 Å². The van der Waals surface area contributed by atoms with E-state index >= 15 is 0 Å². The Morgan fingerprint density at radius 1 is 1.00 bits per heavy atom. The van der Waals surface area contributed by atoms with Crippen LogP contribution in [0.1, 0.15) is 11.1 Å². The first-order valence-electron chi connectivity index (χ1n) is 10.1. The third kappa shape index (κ3) is 5.61. The summed E-state index contributed by atoms with van der Waals surface area (Å²) >= 11 is 9.34. The van der Waals surface area contributed by atoms with Crippen molar-refractivity contribution in [3.63, 3.8) is 0 Å². The van der Waals surface area contributed by atoms with Gasteiger partial charge in [0.2, 0.25) is 0 Å². The van der Waals surface area contributed by atoms with Gasteiger partial charge in [0.05, 0.1) is 0 Å². The van der Waals surface area contributed by atoms with Crippen molar-refractivity contribution < 1.29 is 9.53 Å². The van der Waals surface area contributed by atoms with Crippen molar-refractivity contribution in [2.75, 3.05) is 5.32 Å². The van der Waals surface area contributed by atoms with Crippen molar-refractivity contribution in [1.82, 2.24) is 0 Å². The second-order valence-electron chi connectivity index (χ2n) is 7.24. The number of rotatable bonds is 6. The highest BCUT2D eigenvalue weighted by atomic mass is 79.9. The van der Waals surface area contributed by atoms with E-state index < -0.39 is 5.91 Å². The van der Waals surface area contributed by atoms with Crippen molar-refractivity contribution in [1.29, 1.82) is 5.26 Å². The minimum absolute atomic E-state index is 0.0226. The topological polar surface area (TPSA) is 62.1 Å². The first kappa shape index (κ1) is 22.6. The number of nitrogens with zero attached hydrogens (tertiary/aromatic N) is 1. The van der Waals surface area contributed by atoms with Crippen LogP contribution in [0.25, 0.3) is 16.8 Å². The van der Waals surface area contributed by atoms with Gasteiger partial charge < -0.3 is 10.1 Å². The second kappa shape index (κ2) is 10.4. The van der Waals surface area contributed by atoms with Gasteiger partial charge in [-0.25, -0.2) is 0 Å². The Morgan fingerprint density at radius 3 is 2.45 bits per heavy atom. The maximum Gasteiger partial charge on any atom is 0.266 e. The average molecular weight is 518 g/mol. The molecule has 4 rings (SSSR count). The molecule has 0 saturated carbocycles. The maximum absolute atomic E-state index is 12.8. The summed E-state index contributed by atoms with van der Waals surface area (Å²) in [5.41, 5.74) is 2.20. The number of halogens is 2. The number of nitriles is 1. The SMILES string of the molecule is N#C/C(=C\c1c(OCc2ccc(Cl)cc2)ccc2ccccc12)C(=O)Nc1ccc(Br)cc1. The molecular weight excluding hydrogens is 500 g/mol. The van der Waals surface area contributed by atoms with Crippen molar-refractivity contribution in [3.8, 4) is 11.8 Å². The minimum Gasteiger partial charge on any atom is -0.488 e. The zero-order valence-electron chi connectivity index (χ0n) is 17.4. The molecule has 0 unspecified atom stereocenters. The zero-order chi connectivity index (χ0) is 23.2. The molecule has 0 aliphatic heterocycles. The molecule has 0 aromatic heterocycles. The molecule has 0 atom stereocenters. The molecule has 4 aromatic carbocycles. The highest BCUT2D eigenvalue weighted by Crippen LogP contribution is 2.31. The van der Waals surface area contributed by atoms with Crippen LogP contribution in [0.5, 0.6) is 5.75 Å². The average Bonchev–Trinajstić information content (AvgIpc) is 2.84. The molecule has 6 heteroatoms. The molecular formula is C27H18BrClN2O2. The van der Waals surface area contributed by atoms with Crippen LogP contribution in [0.15, 0.2) is 95.0 Å². The Morgan fingerprint density at radius 2 is 1.73 bits per heavy atom. The van der Waals surface area contributed by atoms with Gasteiger partial charge >= 0.3 is 0 Å². The Labute approximate surface area is 205 Å². The number of carbonyl (C=O) groups excluding carboxylic acids is 1.